The van der Waals surface area contributed by atoms with Crippen LogP contribution >= 0.6 is 0 Å². The number of nitrogens with zero attached hydrogens (tertiary/aromatic N) is 5. The summed E-state index contributed by atoms with van der Waals surface area (Å²) >= 11 is 0. The van der Waals surface area contributed by atoms with Crippen LogP contribution in [-0.4, -0.2) is 24.7 Å². The van der Waals surface area contributed by atoms with Crippen LogP contribution in [0.1, 0.15) is 5.69 Å². The maximum atomic E-state index is 4.68. The van der Waals surface area contributed by atoms with E-state index < -0.39 is 0 Å². The van der Waals surface area contributed by atoms with Crippen molar-refractivity contribution in [1.82, 2.24) is 24.7 Å². The molecule has 0 aliphatic heterocycles. The van der Waals surface area contributed by atoms with E-state index in [4.69, 9.17) is 0 Å². The number of fused-ring (bicyclic) bond motifs is 1. The Balaban J connectivity index is 1.78. The number of hydrogen-bond acceptors (Lipinski definition) is 5. The number of benzene rings is 1. The first kappa shape index (κ1) is 13.4. The zero-order valence-electron chi connectivity index (χ0n) is 12.5. The molecule has 6 heteroatoms. The van der Waals surface area contributed by atoms with Crippen LogP contribution in [0, 0.1) is 6.92 Å². The van der Waals surface area contributed by atoms with Crippen molar-refractivity contribution in [2.45, 2.75) is 6.92 Å². The lowest BCUT2D eigenvalue weighted by atomic mass is 10.2. The van der Waals surface area contributed by atoms with Gasteiger partial charge in [-0.3, -0.25) is 0 Å². The molecule has 0 saturated heterocycles. The zero-order valence-corrected chi connectivity index (χ0v) is 12.5. The zero-order chi connectivity index (χ0) is 15.6. The molecule has 0 radical (unpaired) electrons. The van der Waals surface area contributed by atoms with Crippen molar-refractivity contribution < 1.29 is 0 Å². The van der Waals surface area contributed by atoms with Crippen molar-refractivity contribution in [2.75, 3.05) is 5.32 Å². The fraction of sp³-hybridized carbons (Fsp3) is 0.0588. The minimum Gasteiger partial charge on any atom is -0.309 e. The van der Waals surface area contributed by atoms with Crippen molar-refractivity contribution in [3.05, 3.63) is 66.6 Å². The number of nitrogens with one attached hydrogen (secondary N) is 1. The van der Waals surface area contributed by atoms with E-state index >= 15 is 0 Å². The van der Waals surface area contributed by atoms with E-state index in [0.29, 0.717) is 5.95 Å². The smallest absolute Gasteiger partial charge is 0.228 e. The van der Waals surface area contributed by atoms with E-state index in [1.165, 1.54) is 0 Å². The Bertz CT molecular complexity index is 961. The number of hydrogen-bond donors (Lipinski definition) is 1. The van der Waals surface area contributed by atoms with Gasteiger partial charge in [0.1, 0.15) is 5.82 Å². The quantitative estimate of drug-likeness (QED) is 0.629. The molecule has 23 heavy (non-hydrogen) atoms. The van der Waals surface area contributed by atoms with Gasteiger partial charge >= 0.3 is 0 Å². The molecule has 0 saturated carbocycles. The SMILES string of the molecule is Cc1cc(Nc2ncccn2)n(-c2ccc3ccccc3n2)n1. The number of pyridine rings is 1. The first-order chi connectivity index (χ1) is 11.3. The fourth-order valence-electron chi connectivity index (χ4n) is 2.41. The average molecular weight is 302 g/mol. The minimum absolute atomic E-state index is 0.523. The van der Waals surface area contributed by atoms with Gasteiger partial charge in [-0.1, -0.05) is 18.2 Å². The van der Waals surface area contributed by atoms with Gasteiger partial charge in [0, 0.05) is 23.8 Å². The molecule has 0 spiro atoms. The lowest BCUT2D eigenvalue weighted by Crippen LogP contribution is -2.06. The molecule has 6 nitrogen and oxygen atoms in total. The molecule has 0 aliphatic rings. The Kier molecular flexibility index (Phi) is 3.20. The van der Waals surface area contributed by atoms with Crippen LogP contribution in [0.4, 0.5) is 11.8 Å². The van der Waals surface area contributed by atoms with Crippen molar-refractivity contribution in [1.29, 1.82) is 0 Å². The molecule has 112 valence electrons. The van der Waals surface area contributed by atoms with Gasteiger partial charge in [-0.15, -0.1) is 0 Å². The van der Waals surface area contributed by atoms with Crippen LogP contribution < -0.4 is 5.32 Å². The molecule has 0 amide bonds. The molecule has 0 bridgehead atoms. The summed E-state index contributed by atoms with van der Waals surface area (Å²) in [6.07, 6.45) is 3.38. The van der Waals surface area contributed by atoms with E-state index in [9.17, 15) is 0 Å². The largest absolute Gasteiger partial charge is 0.309 e. The lowest BCUT2D eigenvalue weighted by Gasteiger charge is -2.08. The second-order valence-corrected chi connectivity index (χ2v) is 5.14. The predicted octanol–water partition coefficient (Wildman–Crippen LogP) is 3.26. The molecule has 3 aromatic heterocycles. The molecule has 0 atom stereocenters. The second-order valence-electron chi connectivity index (χ2n) is 5.14. The van der Waals surface area contributed by atoms with E-state index in [1.54, 1.807) is 23.1 Å². The summed E-state index contributed by atoms with van der Waals surface area (Å²) in [5, 5.41) is 8.80. The molecule has 1 N–H and O–H groups in total. The third kappa shape index (κ3) is 2.62. The highest BCUT2D eigenvalue weighted by atomic mass is 15.4. The van der Waals surface area contributed by atoms with Gasteiger partial charge in [0.05, 0.1) is 11.2 Å². The molecular formula is C17H14N6. The van der Waals surface area contributed by atoms with Crippen LogP contribution in [0.2, 0.25) is 0 Å². The third-order valence-electron chi connectivity index (χ3n) is 3.44. The number of para-hydroxylation sites is 1. The van der Waals surface area contributed by atoms with Gasteiger partial charge in [-0.05, 0) is 31.2 Å². The number of aromatic nitrogens is 5. The molecule has 0 unspecified atom stereocenters. The first-order valence-corrected chi connectivity index (χ1v) is 7.26. The van der Waals surface area contributed by atoms with Gasteiger partial charge in [-0.25, -0.2) is 15.0 Å². The number of aryl methyl sites for hydroxylation is 1. The van der Waals surface area contributed by atoms with Gasteiger partial charge in [0.25, 0.3) is 0 Å². The first-order valence-electron chi connectivity index (χ1n) is 7.26. The molecule has 1 aromatic carbocycles. The van der Waals surface area contributed by atoms with Crippen molar-refractivity contribution in [3.8, 4) is 5.82 Å². The summed E-state index contributed by atoms with van der Waals surface area (Å²) in [7, 11) is 0. The summed E-state index contributed by atoms with van der Waals surface area (Å²) in [4.78, 5) is 13.0. The topological polar surface area (TPSA) is 68.5 Å². The van der Waals surface area contributed by atoms with Crippen molar-refractivity contribution in [2.24, 2.45) is 0 Å². The van der Waals surface area contributed by atoms with E-state index in [-0.39, 0.29) is 0 Å². The molecule has 4 aromatic rings. The maximum absolute atomic E-state index is 4.68. The Labute approximate surface area is 132 Å². The minimum atomic E-state index is 0.523. The Hall–Kier alpha value is -3.28. The van der Waals surface area contributed by atoms with E-state index in [2.05, 4.69) is 25.4 Å². The molecule has 0 fully saturated rings. The standard InChI is InChI=1S/C17H14N6/c1-12-11-16(21-17-18-9-4-10-19-17)23(22-12)15-8-7-13-5-2-3-6-14(13)20-15/h2-11H,1H3,(H,18,19,21). The summed E-state index contributed by atoms with van der Waals surface area (Å²) in [6, 6.07) is 15.7. The highest BCUT2D eigenvalue weighted by Crippen LogP contribution is 2.20. The van der Waals surface area contributed by atoms with Crippen LogP contribution in [0.5, 0.6) is 0 Å². The normalized spacial score (nSPS) is 10.8. The van der Waals surface area contributed by atoms with Gasteiger partial charge < -0.3 is 5.32 Å². The summed E-state index contributed by atoms with van der Waals surface area (Å²) < 4.78 is 1.76. The summed E-state index contributed by atoms with van der Waals surface area (Å²) in [5.41, 5.74) is 1.82. The third-order valence-corrected chi connectivity index (χ3v) is 3.44. The maximum Gasteiger partial charge on any atom is 0.228 e. The van der Waals surface area contributed by atoms with Crippen LogP contribution in [0.15, 0.2) is 60.9 Å². The molecular weight excluding hydrogens is 288 g/mol. The Morgan fingerprint density at radius 1 is 0.957 bits per heavy atom. The second kappa shape index (κ2) is 5.49. The van der Waals surface area contributed by atoms with Gasteiger partial charge in [0.2, 0.25) is 5.95 Å². The Morgan fingerprint density at radius 3 is 2.65 bits per heavy atom. The number of anilines is 2. The molecule has 0 aliphatic carbocycles. The van der Waals surface area contributed by atoms with E-state index in [0.717, 1.165) is 28.2 Å². The van der Waals surface area contributed by atoms with Crippen LogP contribution in [0.3, 0.4) is 0 Å². The fourth-order valence-corrected chi connectivity index (χ4v) is 2.41. The molecule has 3 heterocycles. The summed E-state index contributed by atoms with van der Waals surface area (Å²) in [5.74, 6) is 2.04. The molecule has 4 rings (SSSR count). The van der Waals surface area contributed by atoms with Crippen molar-refractivity contribution in [3.63, 3.8) is 0 Å². The highest BCUT2D eigenvalue weighted by molar-refractivity contribution is 5.79. The predicted molar refractivity (Wildman–Crippen MR) is 88.9 cm³/mol. The van der Waals surface area contributed by atoms with Gasteiger partial charge in [0.15, 0.2) is 5.82 Å². The monoisotopic (exact) mass is 302 g/mol. The van der Waals surface area contributed by atoms with Gasteiger partial charge in [-0.2, -0.15) is 9.78 Å². The number of rotatable bonds is 3. The van der Waals surface area contributed by atoms with Crippen LogP contribution in [0.25, 0.3) is 16.7 Å². The van der Waals surface area contributed by atoms with Crippen LogP contribution in [-0.2, 0) is 0 Å². The Morgan fingerprint density at radius 2 is 1.78 bits per heavy atom. The summed E-state index contributed by atoms with van der Waals surface area (Å²) in [6.45, 7) is 1.94. The van der Waals surface area contributed by atoms with Crippen molar-refractivity contribution >= 4 is 22.7 Å². The lowest BCUT2D eigenvalue weighted by molar-refractivity contribution is 0.842. The highest BCUT2D eigenvalue weighted by Gasteiger charge is 2.10. The average Bonchev–Trinajstić information content (AvgIpc) is 2.96. The van der Waals surface area contributed by atoms with E-state index in [1.807, 2.05) is 49.4 Å².